The molecule has 1 aliphatic carbocycles. The first kappa shape index (κ1) is 15.8. The van der Waals surface area contributed by atoms with E-state index in [0.717, 1.165) is 12.8 Å². The average molecular weight is 311 g/mol. The summed E-state index contributed by atoms with van der Waals surface area (Å²) in [4.78, 5) is 26.4. The van der Waals surface area contributed by atoms with E-state index in [0.29, 0.717) is 11.6 Å². The van der Waals surface area contributed by atoms with Gasteiger partial charge in [0.15, 0.2) is 5.69 Å². The highest BCUT2D eigenvalue weighted by molar-refractivity contribution is 7.09. The van der Waals surface area contributed by atoms with E-state index in [1.165, 1.54) is 36.0 Å². The summed E-state index contributed by atoms with van der Waals surface area (Å²) in [5.41, 5.74) is 0.222. The number of aromatic carboxylic acids is 1. The molecule has 6 nitrogen and oxygen atoms in total. The lowest BCUT2D eigenvalue weighted by molar-refractivity contribution is 0.0691. The van der Waals surface area contributed by atoms with Crippen LogP contribution < -0.4 is 10.6 Å². The molecule has 1 heterocycles. The molecule has 0 radical (unpaired) electrons. The van der Waals surface area contributed by atoms with Crippen LogP contribution in [0, 0.1) is 5.41 Å². The first-order valence-corrected chi connectivity index (χ1v) is 8.06. The van der Waals surface area contributed by atoms with Crippen LogP contribution in [0.1, 0.15) is 54.5 Å². The van der Waals surface area contributed by atoms with Gasteiger partial charge in [-0.05, 0) is 18.3 Å². The maximum Gasteiger partial charge on any atom is 0.355 e. The van der Waals surface area contributed by atoms with Crippen molar-refractivity contribution in [3.63, 3.8) is 0 Å². The lowest BCUT2D eigenvalue weighted by atomic mass is 9.76. The van der Waals surface area contributed by atoms with Crippen molar-refractivity contribution in [3.8, 4) is 0 Å². The van der Waals surface area contributed by atoms with Crippen LogP contribution in [-0.2, 0) is 6.54 Å². The highest BCUT2D eigenvalue weighted by atomic mass is 32.1. The average Bonchev–Trinajstić information content (AvgIpc) is 2.93. The Morgan fingerprint density at radius 1 is 1.33 bits per heavy atom. The van der Waals surface area contributed by atoms with Crippen molar-refractivity contribution in [1.29, 1.82) is 0 Å². The number of carboxylic acids is 1. The van der Waals surface area contributed by atoms with Gasteiger partial charge in [-0.1, -0.05) is 26.2 Å². The first-order valence-electron chi connectivity index (χ1n) is 7.18. The standard InChI is InChI=1S/C14H21N3O3S/c1-14(5-3-2-4-6-14)9-16-13(20)15-7-11-17-10(8-21-11)12(18)19/h8H,2-7,9H2,1H3,(H,18,19)(H2,15,16,20). The van der Waals surface area contributed by atoms with E-state index >= 15 is 0 Å². The maximum atomic E-state index is 11.8. The number of aromatic nitrogens is 1. The van der Waals surface area contributed by atoms with Gasteiger partial charge >= 0.3 is 12.0 Å². The van der Waals surface area contributed by atoms with Crippen LogP contribution in [-0.4, -0.2) is 28.6 Å². The molecule has 0 unspecified atom stereocenters. The summed E-state index contributed by atoms with van der Waals surface area (Å²) in [5.74, 6) is -1.05. The summed E-state index contributed by atoms with van der Waals surface area (Å²) in [5, 5.41) is 16.5. The zero-order valence-corrected chi connectivity index (χ0v) is 13.0. The fourth-order valence-corrected chi connectivity index (χ4v) is 3.29. The minimum absolute atomic E-state index is 0.0203. The van der Waals surface area contributed by atoms with E-state index in [9.17, 15) is 9.59 Å². The lowest BCUT2D eigenvalue weighted by Gasteiger charge is -2.33. The van der Waals surface area contributed by atoms with E-state index in [4.69, 9.17) is 5.11 Å². The van der Waals surface area contributed by atoms with Crippen molar-refractivity contribution < 1.29 is 14.7 Å². The largest absolute Gasteiger partial charge is 0.476 e. The Hall–Kier alpha value is -1.63. The van der Waals surface area contributed by atoms with Crippen LogP contribution in [0.25, 0.3) is 0 Å². The van der Waals surface area contributed by atoms with Gasteiger partial charge in [0.1, 0.15) is 5.01 Å². The lowest BCUT2D eigenvalue weighted by Crippen LogP contribution is -2.42. The van der Waals surface area contributed by atoms with Crippen LogP contribution in [0.4, 0.5) is 4.79 Å². The summed E-state index contributed by atoms with van der Waals surface area (Å²) in [6, 6.07) is -0.228. The summed E-state index contributed by atoms with van der Waals surface area (Å²) in [6.07, 6.45) is 6.06. The van der Waals surface area contributed by atoms with Crippen molar-refractivity contribution in [2.75, 3.05) is 6.54 Å². The molecule has 1 aromatic rings. The molecule has 0 bridgehead atoms. The summed E-state index contributed by atoms with van der Waals surface area (Å²) in [7, 11) is 0. The highest BCUT2D eigenvalue weighted by Gasteiger charge is 2.27. The van der Waals surface area contributed by atoms with Gasteiger partial charge in [-0.15, -0.1) is 11.3 Å². The van der Waals surface area contributed by atoms with Gasteiger partial charge in [0.2, 0.25) is 0 Å². The minimum atomic E-state index is -1.05. The number of carbonyl (C=O) groups excluding carboxylic acids is 1. The van der Waals surface area contributed by atoms with Gasteiger partial charge in [0.05, 0.1) is 6.54 Å². The Balaban J connectivity index is 1.72. The molecule has 2 rings (SSSR count). The Bertz CT molecular complexity index is 509. The normalized spacial score (nSPS) is 17.2. The van der Waals surface area contributed by atoms with Gasteiger partial charge in [0.25, 0.3) is 0 Å². The molecule has 116 valence electrons. The maximum absolute atomic E-state index is 11.8. The number of carboxylic acid groups (broad SMARTS) is 1. The SMILES string of the molecule is CC1(CNC(=O)NCc2nc(C(=O)O)cs2)CCCCC1. The monoisotopic (exact) mass is 311 g/mol. The first-order chi connectivity index (χ1) is 9.98. The van der Waals surface area contributed by atoms with E-state index in [-0.39, 0.29) is 23.7 Å². The zero-order chi connectivity index (χ0) is 15.3. The Kier molecular flexibility index (Phi) is 5.17. The van der Waals surface area contributed by atoms with Crippen LogP contribution in [0.3, 0.4) is 0 Å². The number of carbonyl (C=O) groups is 2. The molecular formula is C14H21N3O3S. The zero-order valence-electron chi connectivity index (χ0n) is 12.1. The molecule has 0 aromatic carbocycles. The van der Waals surface area contributed by atoms with Crippen LogP contribution in [0.2, 0.25) is 0 Å². The topological polar surface area (TPSA) is 91.3 Å². The molecule has 7 heteroatoms. The second-order valence-electron chi connectivity index (χ2n) is 5.84. The van der Waals surface area contributed by atoms with E-state index in [1.807, 2.05) is 0 Å². The summed E-state index contributed by atoms with van der Waals surface area (Å²) < 4.78 is 0. The number of rotatable bonds is 5. The number of hydrogen-bond donors (Lipinski definition) is 3. The molecule has 0 spiro atoms. The van der Waals surface area contributed by atoms with Gasteiger partial charge in [-0.25, -0.2) is 14.6 Å². The number of hydrogen-bond acceptors (Lipinski definition) is 4. The van der Waals surface area contributed by atoms with E-state index in [1.54, 1.807) is 0 Å². The molecule has 1 saturated carbocycles. The molecule has 1 aromatic heterocycles. The Labute approximate surface area is 128 Å². The van der Waals surface area contributed by atoms with Crippen LogP contribution >= 0.6 is 11.3 Å². The number of nitrogens with zero attached hydrogens (tertiary/aromatic N) is 1. The number of nitrogens with one attached hydrogen (secondary N) is 2. The summed E-state index contributed by atoms with van der Waals surface area (Å²) >= 11 is 1.23. The third kappa shape index (κ3) is 4.70. The Morgan fingerprint density at radius 2 is 2.05 bits per heavy atom. The number of amides is 2. The molecule has 0 aliphatic heterocycles. The molecule has 0 atom stereocenters. The molecule has 1 aliphatic rings. The van der Waals surface area contributed by atoms with Gasteiger partial charge in [-0.3, -0.25) is 0 Å². The minimum Gasteiger partial charge on any atom is -0.476 e. The van der Waals surface area contributed by atoms with Gasteiger partial charge in [-0.2, -0.15) is 0 Å². The predicted molar refractivity (Wildman–Crippen MR) is 80.5 cm³/mol. The van der Waals surface area contributed by atoms with Crippen molar-refractivity contribution in [2.24, 2.45) is 5.41 Å². The third-order valence-corrected chi connectivity index (χ3v) is 4.76. The van der Waals surface area contributed by atoms with Crippen molar-refractivity contribution in [2.45, 2.75) is 45.6 Å². The van der Waals surface area contributed by atoms with Crippen LogP contribution in [0.5, 0.6) is 0 Å². The second-order valence-corrected chi connectivity index (χ2v) is 6.78. The molecule has 0 saturated heterocycles. The fourth-order valence-electron chi connectivity index (χ4n) is 2.58. The van der Waals surface area contributed by atoms with Crippen LogP contribution in [0.15, 0.2) is 5.38 Å². The van der Waals surface area contributed by atoms with Crippen molar-refractivity contribution in [3.05, 3.63) is 16.1 Å². The molecule has 1 fully saturated rings. The fraction of sp³-hybridized carbons (Fsp3) is 0.643. The molecule has 2 amide bonds. The van der Waals surface area contributed by atoms with E-state index < -0.39 is 5.97 Å². The quantitative estimate of drug-likeness (QED) is 0.779. The van der Waals surface area contributed by atoms with E-state index in [2.05, 4.69) is 22.5 Å². The third-order valence-electron chi connectivity index (χ3n) is 3.91. The number of thiazole rings is 1. The van der Waals surface area contributed by atoms with Crippen molar-refractivity contribution in [1.82, 2.24) is 15.6 Å². The smallest absolute Gasteiger partial charge is 0.355 e. The molecule has 3 N–H and O–H groups in total. The van der Waals surface area contributed by atoms with Gasteiger partial charge < -0.3 is 15.7 Å². The predicted octanol–water partition coefficient (Wildman–Crippen LogP) is 2.61. The Morgan fingerprint density at radius 3 is 2.67 bits per heavy atom. The molecular weight excluding hydrogens is 290 g/mol. The highest BCUT2D eigenvalue weighted by Crippen LogP contribution is 2.34. The number of urea groups is 1. The summed E-state index contributed by atoms with van der Waals surface area (Å²) in [6.45, 7) is 3.14. The molecule has 21 heavy (non-hydrogen) atoms. The van der Waals surface area contributed by atoms with Gasteiger partial charge in [0, 0.05) is 11.9 Å². The van der Waals surface area contributed by atoms with Crippen molar-refractivity contribution >= 4 is 23.3 Å². The second kappa shape index (κ2) is 6.89.